The molecule has 3 aliphatic heterocycles. The maximum Gasteiger partial charge on any atom is 0.236 e. The molecule has 4 heteroatoms. The van der Waals surface area contributed by atoms with Crippen molar-refractivity contribution in [3.63, 3.8) is 0 Å². The zero-order chi connectivity index (χ0) is 13.4. The summed E-state index contributed by atoms with van der Waals surface area (Å²) in [7, 11) is 0. The van der Waals surface area contributed by atoms with Gasteiger partial charge in [0.05, 0.1) is 23.0 Å². The highest BCUT2D eigenvalue weighted by atomic mass is 16.5. The molecule has 0 aromatic rings. The van der Waals surface area contributed by atoms with Gasteiger partial charge in [0.15, 0.2) is 0 Å². The molecule has 0 aromatic heterocycles. The van der Waals surface area contributed by atoms with E-state index in [2.05, 4.69) is 0 Å². The zero-order valence-electron chi connectivity index (χ0n) is 11.4. The third-order valence-corrected chi connectivity index (χ3v) is 5.45. The van der Waals surface area contributed by atoms with Crippen molar-refractivity contribution in [2.45, 2.75) is 56.8 Å². The Morgan fingerprint density at radius 2 is 1.53 bits per heavy atom. The van der Waals surface area contributed by atoms with Gasteiger partial charge in [0.25, 0.3) is 0 Å². The van der Waals surface area contributed by atoms with E-state index >= 15 is 0 Å². The van der Waals surface area contributed by atoms with Crippen molar-refractivity contribution in [3.8, 4) is 0 Å². The fourth-order valence-electron chi connectivity index (χ4n) is 4.58. The van der Waals surface area contributed by atoms with Gasteiger partial charge in [0.2, 0.25) is 11.8 Å². The molecule has 4 rings (SSSR count). The van der Waals surface area contributed by atoms with Gasteiger partial charge in [-0.1, -0.05) is 25.0 Å². The fourth-order valence-corrected chi connectivity index (χ4v) is 4.58. The van der Waals surface area contributed by atoms with Crippen LogP contribution in [0.4, 0.5) is 0 Å². The van der Waals surface area contributed by atoms with Crippen molar-refractivity contribution in [1.82, 2.24) is 4.90 Å². The molecule has 2 bridgehead atoms. The summed E-state index contributed by atoms with van der Waals surface area (Å²) in [6, 6.07) is 0.136. The monoisotopic (exact) mass is 261 g/mol. The number of amides is 2. The van der Waals surface area contributed by atoms with Crippen LogP contribution in [0.25, 0.3) is 0 Å². The molecule has 3 fully saturated rings. The SMILES string of the molecule is CC12C=CC(C)(O1)C1C(=O)N(C3CCCC3)C(=O)C12. The lowest BCUT2D eigenvalue weighted by atomic mass is 9.73. The molecule has 2 amide bonds. The minimum Gasteiger partial charge on any atom is -0.359 e. The van der Waals surface area contributed by atoms with Crippen LogP contribution in [0.3, 0.4) is 0 Å². The molecule has 1 aliphatic carbocycles. The predicted molar refractivity (Wildman–Crippen MR) is 68.1 cm³/mol. The molecular formula is C15H19NO3. The molecular weight excluding hydrogens is 242 g/mol. The van der Waals surface area contributed by atoms with E-state index < -0.39 is 11.2 Å². The second kappa shape index (κ2) is 3.29. The molecule has 19 heavy (non-hydrogen) atoms. The highest BCUT2D eigenvalue weighted by Gasteiger charge is 2.70. The van der Waals surface area contributed by atoms with Gasteiger partial charge in [-0.3, -0.25) is 14.5 Å². The lowest BCUT2D eigenvalue weighted by molar-refractivity contribution is -0.148. The van der Waals surface area contributed by atoms with Crippen molar-refractivity contribution in [2.24, 2.45) is 11.8 Å². The van der Waals surface area contributed by atoms with Gasteiger partial charge in [-0.25, -0.2) is 0 Å². The van der Waals surface area contributed by atoms with Gasteiger partial charge in [-0.2, -0.15) is 0 Å². The molecule has 0 aromatic carbocycles. The summed E-state index contributed by atoms with van der Waals surface area (Å²) in [5.74, 6) is -0.624. The zero-order valence-corrected chi connectivity index (χ0v) is 11.4. The minimum absolute atomic E-state index is 0.00234. The van der Waals surface area contributed by atoms with Crippen LogP contribution in [-0.2, 0) is 14.3 Å². The highest BCUT2D eigenvalue weighted by molar-refractivity contribution is 6.07. The molecule has 0 N–H and O–H groups in total. The maximum atomic E-state index is 12.7. The Hall–Kier alpha value is -1.16. The summed E-state index contributed by atoms with van der Waals surface area (Å²) in [4.78, 5) is 27.0. The van der Waals surface area contributed by atoms with E-state index in [-0.39, 0.29) is 29.7 Å². The molecule has 0 spiro atoms. The standard InChI is InChI=1S/C15H19NO3/c1-14-7-8-15(2,19-14)11-10(14)12(17)16(13(11)18)9-5-3-4-6-9/h7-11H,3-6H2,1-2H3. The average molecular weight is 261 g/mol. The number of imide groups is 1. The summed E-state index contributed by atoms with van der Waals surface area (Å²) in [6.45, 7) is 3.87. The van der Waals surface area contributed by atoms with Crippen molar-refractivity contribution < 1.29 is 14.3 Å². The van der Waals surface area contributed by atoms with Crippen LogP contribution < -0.4 is 0 Å². The third kappa shape index (κ3) is 1.23. The molecule has 4 unspecified atom stereocenters. The summed E-state index contributed by atoms with van der Waals surface area (Å²) in [5, 5.41) is 0. The second-order valence-electron chi connectivity index (χ2n) is 6.74. The third-order valence-electron chi connectivity index (χ3n) is 5.45. The number of fused-ring (bicyclic) bond motifs is 5. The highest BCUT2D eigenvalue weighted by Crippen LogP contribution is 2.57. The molecule has 4 aliphatic rings. The van der Waals surface area contributed by atoms with E-state index in [1.807, 2.05) is 26.0 Å². The van der Waals surface area contributed by atoms with Gasteiger partial charge in [-0.15, -0.1) is 0 Å². The van der Waals surface area contributed by atoms with Crippen molar-refractivity contribution >= 4 is 11.8 Å². The van der Waals surface area contributed by atoms with E-state index in [0.29, 0.717) is 0 Å². The van der Waals surface area contributed by atoms with Gasteiger partial charge >= 0.3 is 0 Å². The number of carbonyl (C=O) groups excluding carboxylic acids is 2. The van der Waals surface area contributed by atoms with E-state index in [4.69, 9.17) is 4.74 Å². The molecule has 102 valence electrons. The van der Waals surface area contributed by atoms with Crippen LogP contribution in [0.5, 0.6) is 0 Å². The van der Waals surface area contributed by atoms with Crippen LogP contribution in [-0.4, -0.2) is 34.0 Å². The molecule has 0 radical (unpaired) electrons. The number of likely N-dealkylation sites (tertiary alicyclic amines) is 1. The lowest BCUT2D eigenvalue weighted by Gasteiger charge is -2.28. The van der Waals surface area contributed by atoms with Crippen LogP contribution in [0, 0.1) is 11.8 Å². The number of carbonyl (C=O) groups is 2. The summed E-state index contributed by atoms with van der Waals surface area (Å²) in [5.41, 5.74) is -1.17. The summed E-state index contributed by atoms with van der Waals surface area (Å²) in [6.07, 6.45) is 8.13. The Morgan fingerprint density at radius 1 is 1.05 bits per heavy atom. The van der Waals surface area contributed by atoms with Gasteiger partial charge in [0, 0.05) is 6.04 Å². The topological polar surface area (TPSA) is 46.6 Å². The molecule has 4 atom stereocenters. The molecule has 3 heterocycles. The largest absolute Gasteiger partial charge is 0.359 e. The second-order valence-corrected chi connectivity index (χ2v) is 6.74. The Bertz CT molecular complexity index is 472. The Morgan fingerprint density at radius 3 is 2.00 bits per heavy atom. The summed E-state index contributed by atoms with van der Waals surface area (Å²) < 4.78 is 5.99. The van der Waals surface area contributed by atoms with Crippen molar-refractivity contribution in [3.05, 3.63) is 12.2 Å². The Balaban J connectivity index is 1.75. The number of rotatable bonds is 1. The van der Waals surface area contributed by atoms with Crippen molar-refractivity contribution in [2.75, 3.05) is 0 Å². The number of hydrogen-bond donors (Lipinski definition) is 0. The van der Waals surface area contributed by atoms with Crippen LogP contribution >= 0.6 is 0 Å². The first-order valence-electron chi connectivity index (χ1n) is 7.24. The van der Waals surface area contributed by atoms with Crippen LogP contribution in [0.1, 0.15) is 39.5 Å². The number of ether oxygens (including phenoxy) is 1. The number of hydrogen-bond acceptors (Lipinski definition) is 3. The van der Waals surface area contributed by atoms with E-state index in [1.54, 1.807) is 4.90 Å². The fraction of sp³-hybridized carbons (Fsp3) is 0.733. The van der Waals surface area contributed by atoms with Gasteiger partial charge in [0.1, 0.15) is 0 Å². The van der Waals surface area contributed by atoms with E-state index in [1.165, 1.54) is 0 Å². The first-order chi connectivity index (χ1) is 8.96. The van der Waals surface area contributed by atoms with Gasteiger partial charge < -0.3 is 4.74 Å². The van der Waals surface area contributed by atoms with Crippen molar-refractivity contribution in [1.29, 1.82) is 0 Å². The molecule has 1 saturated carbocycles. The smallest absolute Gasteiger partial charge is 0.236 e. The Kier molecular flexibility index (Phi) is 2.02. The number of nitrogens with zero attached hydrogens (tertiary/aromatic N) is 1. The Labute approximate surface area is 112 Å². The maximum absolute atomic E-state index is 12.7. The molecule has 4 nitrogen and oxygen atoms in total. The first-order valence-corrected chi connectivity index (χ1v) is 7.24. The predicted octanol–water partition coefficient (Wildman–Crippen LogP) is 1.65. The van der Waals surface area contributed by atoms with Crippen LogP contribution in [0.15, 0.2) is 12.2 Å². The molecule has 2 saturated heterocycles. The normalized spacial score (nSPS) is 48.6. The average Bonchev–Trinajstić information content (AvgIpc) is 3.03. The van der Waals surface area contributed by atoms with Crippen LogP contribution in [0.2, 0.25) is 0 Å². The lowest BCUT2D eigenvalue weighted by Crippen LogP contribution is -2.44. The van der Waals surface area contributed by atoms with E-state index in [9.17, 15) is 9.59 Å². The van der Waals surface area contributed by atoms with E-state index in [0.717, 1.165) is 25.7 Å². The van der Waals surface area contributed by atoms with Gasteiger partial charge in [-0.05, 0) is 26.7 Å². The minimum atomic E-state index is -0.584. The summed E-state index contributed by atoms with van der Waals surface area (Å²) >= 11 is 0. The first kappa shape index (κ1) is 11.6. The quantitative estimate of drug-likeness (QED) is 0.532.